The van der Waals surface area contributed by atoms with Crippen LogP contribution < -0.4 is 10.9 Å². The van der Waals surface area contributed by atoms with Crippen molar-refractivity contribution in [3.8, 4) is 0 Å². The Morgan fingerprint density at radius 2 is 1.95 bits per heavy atom. The maximum atomic E-state index is 13.5. The van der Waals surface area contributed by atoms with E-state index in [1.54, 1.807) is 4.68 Å². The number of amides is 1. The lowest BCUT2D eigenvalue weighted by Crippen LogP contribution is -2.27. The molecule has 1 aliphatic rings. The molecule has 1 amide bonds. The molecule has 0 radical (unpaired) electrons. The zero-order valence-electron chi connectivity index (χ0n) is 12.1. The molecule has 1 aromatic heterocycles. The normalized spacial score (nSPS) is 17.5. The van der Waals surface area contributed by atoms with E-state index in [2.05, 4.69) is 10.4 Å². The first-order valence-corrected chi connectivity index (χ1v) is 6.97. The Morgan fingerprint density at radius 3 is 2.59 bits per heavy atom. The zero-order valence-corrected chi connectivity index (χ0v) is 12.1. The fraction of sp³-hybridized carbons (Fsp3) is 0.333. The smallest absolute Gasteiger partial charge is 0.270 e. The van der Waals surface area contributed by atoms with E-state index >= 15 is 0 Å². The molecular weight excluding hydrogens is 292 g/mol. The first kappa shape index (κ1) is 14.5. The van der Waals surface area contributed by atoms with Crippen LogP contribution in [0.4, 0.5) is 14.6 Å². The number of rotatable bonds is 2. The van der Waals surface area contributed by atoms with Crippen LogP contribution in [0.1, 0.15) is 43.4 Å². The first-order chi connectivity index (χ1) is 10.4. The Morgan fingerprint density at radius 1 is 1.23 bits per heavy atom. The lowest BCUT2D eigenvalue weighted by atomic mass is 9.87. The summed E-state index contributed by atoms with van der Waals surface area (Å²) < 4.78 is 28.1. The summed E-state index contributed by atoms with van der Waals surface area (Å²) >= 11 is 0. The maximum Gasteiger partial charge on any atom is 0.270 e. The molecule has 2 aromatic rings. The first-order valence-electron chi connectivity index (χ1n) is 6.97. The van der Waals surface area contributed by atoms with Gasteiger partial charge in [0.05, 0.1) is 5.56 Å². The van der Waals surface area contributed by atoms with Crippen LogP contribution in [0, 0.1) is 11.6 Å². The van der Waals surface area contributed by atoms with Gasteiger partial charge in [0, 0.05) is 18.4 Å². The van der Waals surface area contributed by atoms with Gasteiger partial charge in [-0.3, -0.25) is 19.4 Å². The van der Waals surface area contributed by atoms with Crippen LogP contribution in [0.15, 0.2) is 23.0 Å². The molecule has 0 saturated heterocycles. The predicted octanol–water partition coefficient (Wildman–Crippen LogP) is 2.51. The second-order valence-electron chi connectivity index (χ2n) is 5.65. The molecule has 22 heavy (non-hydrogen) atoms. The molecule has 0 spiro atoms. The Bertz CT molecular complexity index is 808. The minimum absolute atomic E-state index is 0.0171. The maximum absolute atomic E-state index is 13.5. The highest BCUT2D eigenvalue weighted by Gasteiger charge is 2.33. The summed E-state index contributed by atoms with van der Waals surface area (Å²) in [6.07, 6.45) is 0.0171. The Hall–Kier alpha value is -2.44. The summed E-state index contributed by atoms with van der Waals surface area (Å²) in [6.45, 7) is 3.73. The van der Waals surface area contributed by atoms with E-state index in [0.717, 1.165) is 12.1 Å². The standard InChI is InChI=1S/C15H15F2N3O2/c1-7(2)20-14-13(15(22)19-20)9(6-12(21)18-14)8-3-4-10(16)11(17)5-8/h3-5,7,9H,6H2,1-2H3,(H,18,21)(H,19,22). The SMILES string of the molecule is CC(C)n1[nH]c(=O)c2c1NC(=O)CC2c1ccc(F)c(F)c1. The summed E-state index contributed by atoms with van der Waals surface area (Å²) in [6, 6.07) is 3.39. The number of benzene rings is 1. The van der Waals surface area contributed by atoms with Crippen molar-refractivity contribution in [2.24, 2.45) is 0 Å². The number of anilines is 1. The van der Waals surface area contributed by atoms with Gasteiger partial charge in [-0.15, -0.1) is 0 Å². The largest absolute Gasteiger partial charge is 0.311 e. The number of carbonyl (C=O) groups excluding carboxylic acids is 1. The summed E-state index contributed by atoms with van der Waals surface area (Å²) in [4.78, 5) is 24.2. The van der Waals surface area contributed by atoms with Crippen LogP contribution in [-0.2, 0) is 4.79 Å². The van der Waals surface area contributed by atoms with Gasteiger partial charge in [0.25, 0.3) is 5.56 Å². The fourth-order valence-electron chi connectivity index (χ4n) is 2.79. The molecule has 0 aliphatic carbocycles. The number of carbonyl (C=O) groups is 1. The fourth-order valence-corrected chi connectivity index (χ4v) is 2.79. The number of nitrogens with one attached hydrogen (secondary N) is 2. The van der Waals surface area contributed by atoms with Gasteiger partial charge in [0.1, 0.15) is 5.82 Å². The lowest BCUT2D eigenvalue weighted by molar-refractivity contribution is -0.116. The Kier molecular flexibility index (Phi) is 3.35. The molecule has 5 nitrogen and oxygen atoms in total. The second-order valence-corrected chi connectivity index (χ2v) is 5.65. The average Bonchev–Trinajstić information content (AvgIpc) is 2.78. The van der Waals surface area contributed by atoms with Crippen molar-refractivity contribution in [3.05, 3.63) is 51.3 Å². The Balaban J connectivity index is 2.18. The molecule has 2 N–H and O–H groups in total. The minimum atomic E-state index is -0.996. The quantitative estimate of drug-likeness (QED) is 0.895. The van der Waals surface area contributed by atoms with Crippen molar-refractivity contribution in [2.45, 2.75) is 32.2 Å². The van der Waals surface area contributed by atoms with Crippen molar-refractivity contribution in [1.82, 2.24) is 9.78 Å². The van der Waals surface area contributed by atoms with E-state index in [0.29, 0.717) is 16.9 Å². The number of aromatic nitrogens is 2. The third-order valence-corrected chi connectivity index (χ3v) is 3.82. The molecule has 0 bridgehead atoms. The highest BCUT2D eigenvalue weighted by molar-refractivity contribution is 5.94. The number of fused-ring (bicyclic) bond motifs is 1. The second kappa shape index (κ2) is 5.08. The van der Waals surface area contributed by atoms with E-state index in [1.165, 1.54) is 6.07 Å². The van der Waals surface area contributed by atoms with Gasteiger partial charge in [0.15, 0.2) is 11.6 Å². The molecule has 1 aromatic carbocycles. The highest BCUT2D eigenvalue weighted by Crippen LogP contribution is 2.36. The van der Waals surface area contributed by atoms with E-state index in [9.17, 15) is 18.4 Å². The summed E-state index contributed by atoms with van der Waals surface area (Å²) in [5.74, 6) is -2.42. The summed E-state index contributed by atoms with van der Waals surface area (Å²) in [5.41, 5.74) is 0.444. The molecule has 1 aliphatic heterocycles. The monoisotopic (exact) mass is 307 g/mol. The number of nitrogens with zero attached hydrogens (tertiary/aromatic N) is 1. The van der Waals surface area contributed by atoms with Crippen LogP contribution in [0.5, 0.6) is 0 Å². The van der Waals surface area contributed by atoms with Gasteiger partial charge in [0.2, 0.25) is 5.91 Å². The summed E-state index contributed by atoms with van der Waals surface area (Å²) in [5, 5.41) is 5.36. The van der Waals surface area contributed by atoms with Crippen LogP contribution in [0.3, 0.4) is 0 Å². The zero-order chi connectivity index (χ0) is 16.0. The van der Waals surface area contributed by atoms with E-state index in [4.69, 9.17) is 0 Å². The number of H-pyrrole nitrogens is 1. The molecule has 2 heterocycles. The molecule has 7 heteroatoms. The van der Waals surface area contributed by atoms with Gasteiger partial charge in [-0.1, -0.05) is 6.07 Å². The molecule has 3 rings (SSSR count). The molecule has 0 fully saturated rings. The van der Waals surface area contributed by atoms with Gasteiger partial charge >= 0.3 is 0 Å². The van der Waals surface area contributed by atoms with Crippen LogP contribution in [-0.4, -0.2) is 15.7 Å². The number of hydrogen-bond donors (Lipinski definition) is 2. The molecule has 0 saturated carbocycles. The molecule has 1 unspecified atom stereocenters. The minimum Gasteiger partial charge on any atom is -0.311 e. The van der Waals surface area contributed by atoms with E-state index < -0.39 is 17.6 Å². The third-order valence-electron chi connectivity index (χ3n) is 3.82. The highest BCUT2D eigenvalue weighted by atomic mass is 19.2. The molecule has 1 atom stereocenters. The van der Waals surface area contributed by atoms with Crippen molar-refractivity contribution >= 4 is 11.7 Å². The molecular formula is C15H15F2N3O2. The number of aromatic amines is 1. The lowest BCUT2D eigenvalue weighted by Gasteiger charge is -2.24. The van der Waals surface area contributed by atoms with Crippen molar-refractivity contribution in [3.63, 3.8) is 0 Å². The Labute approximate surface area is 124 Å². The van der Waals surface area contributed by atoms with Crippen molar-refractivity contribution < 1.29 is 13.6 Å². The van der Waals surface area contributed by atoms with Gasteiger partial charge in [-0.2, -0.15) is 0 Å². The van der Waals surface area contributed by atoms with Crippen LogP contribution in [0.25, 0.3) is 0 Å². The average molecular weight is 307 g/mol. The number of hydrogen-bond acceptors (Lipinski definition) is 2. The van der Waals surface area contributed by atoms with Crippen LogP contribution in [0.2, 0.25) is 0 Å². The summed E-state index contributed by atoms with van der Waals surface area (Å²) in [7, 11) is 0. The van der Waals surface area contributed by atoms with Gasteiger partial charge in [-0.25, -0.2) is 8.78 Å². The van der Waals surface area contributed by atoms with Gasteiger partial charge < -0.3 is 5.32 Å². The van der Waals surface area contributed by atoms with Crippen molar-refractivity contribution in [1.29, 1.82) is 0 Å². The van der Waals surface area contributed by atoms with Crippen LogP contribution >= 0.6 is 0 Å². The third kappa shape index (κ3) is 2.22. The predicted molar refractivity (Wildman–Crippen MR) is 76.9 cm³/mol. The topological polar surface area (TPSA) is 66.9 Å². The number of halogens is 2. The van der Waals surface area contributed by atoms with E-state index in [1.807, 2.05) is 13.8 Å². The van der Waals surface area contributed by atoms with Crippen molar-refractivity contribution in [2.75, 3.05) is 5.32 Å². The van der Waals surface area contributed by atoms with E-state index in [-0.39, 0.29) is 23.9 Å². The van der Waals surface area contributed by atoms with Gasteiger partial charge in [-0.05, 0) is 31.5 Å². The molecule has 116 valence electrons.